The van der Waals surface area contributed by atoms with Gasteiger partial charge < -0.3 is 20.5 Å². The zero-order chi connectivity index (χ0) is 18.1. The number of hydrogen-bond acceptors (Lipinski definition) is 4. The van der Waals surface area contributed by atoms with Gasteiger partial charge in [-0.1, -0.05) is 48.5 Å². The van der Waals surface area contributed by atoms with Crippen LogP contribution in [0.25, 0.3) is 0 Å². The topological polar surface area (TPSA) is 90.7 Å². The van der Waals surface area contributed by atoms with E-state index in [9.17, 15) is 9.59 Å². The molecule has 2 amide bonds. The molecule has 132 valence electrons. The number of nitrogens with one attached hydrogen (secondary N) is 1. The first-order chi connectivity index (χ1) is 12.1. The highest BCUT2D eigenvalue weighted by Gasteiger charge is 2.21. The van der Waals surface area contributed by atoms with Gasteiger partial charge in [0.25, 0.3) is 0 Å². The van der Waals surface area contributed by atoms with Gasteiger partial charge in [-0.15, -0.1) is 0 Å². The lowest BCUT2D eigenvalue weighted by atomic mass is 10.1. The molecule has 0 aliphatic heterocycles. The number of hydrogen-bond donors (Lipinski definition) is 2. The Kier molecular flexibility index (Phi) is 6.83. The number of esters is 1. The molecule has 2 aromatic rings. The molecule has 0 fully saturated rings. The molecular formula is C19H22N2O4. The van der Waals surface area contributed by atoms with Gasteiger partial charge in [-0.05, 0) is 24.1 Å². The molecular weight excluding hydrogens is 320 g/mol. The van der Waals surface area contributed by atoms with Crippen LogP contribution in [0.1, 0.15) is 11.1 Å². The van der Waals surface area contributed by atoms with Crippen molar-refractivity contribution in [2.45, 2.75) is 19.4 Å². The number of primary amides is 1. The Morgan fingerprint density at radius 1 is 1.04 bits per heavy atom. The van der Waals surface area contributed by atoms with Crippen molar-refractivity contribution < 1.29 is 19.1 Å². The van der Waals surface area contributed by atoms with Gasteiger partial charge in [0.2, 0.25) is 0 Å². The highest BCUT2D eigenvalue weighted by Crippen LogP contribution is 2.15. The molecule has 0 heterocycles. The van der Waals surface area contributed by atoms with E-state index in [2.05, 4.69) is 5.32 Å². The predicted molar refractivity (Wildman–Crippen MR) is 94.3 cm³/mol. The zero-order valence-corrected chi connectivity index (χ0v) is 14.1. The van der Waals surface area contributed by atoms with Crippen LogP contribution >= 0.6 is 0 Å². The maximum Gasteiger partial charge on any atom is 0.329 e. The van der Waals surface area contributed by atoms with Crippen molar-refractivity contribution in [2.24, 2.45) is 5.73 Å². The van der Waals surface area contributed by atoms with Crippen LogP contribution in [-0.4, -0.2) is 31.3 Å². The monoisotopic (exact) mass is 342 g/mol. The molecule has 3 N–H and O–H groups in total. The van der Waals surface area contributed by atoms with E-state index < -0.39 is 18.0 Å². The zero-order valence-electron chi connectivity index (χ0n) is 14.1. The molecule has 0 spiro atoms. The van der Waals surface area contributed by atoms with Gasteiger partial charge in [-0.3, -0.25) is 0 Å². The van der Waals surface area contributed by atoms with Crippen molar-refractivity contribution in [1.82, 2.24) is 5.32 Å². The largest absolute Gasteiger partial charge is 0.490 e. The van der Waals surface area contributed by atoms with E-state index in [0.29, 0.717) is 6.42 Å². The van der Waals surface area contributed by atoms with Gasteiger partial charge in [0, 0.05) is 6.42 Å². The Labute approximate surface area is 146 Å². The molecule has 6 nitrogen and oxygen atoms in total. The van der Waals surface area contributed by atoms with Crippen molar-refractivity contribution in [3.63, 3.8) is 0 Å². The summed E-state index contributed by atoms with van der Waals surface area (Å²) in [4.78, 5) is 23.3. The number of nitrogens with two attached hydrogens (primary N) is 1. The number of amides is 2. The average molecular weight is 342 g/mol. The summed E-state index contributed by atoms with van der Waals surface area (Å²) in [6.45, 7) is 2.25. The van der Waals surface area contributed by atoms with Gasteiger partial charge in [0.15, 0.2) is 0 Å². The van der Waals surface area contributed by atoms with E-state index in [4.69, 9.17) is 15.2 Å². The van der Waals surface area contributed by atoms with Crippen LogP contribution in [0, 0.1) is 6.92 Å². The van der Waals surface area contributed by atoms with Gasteiger partial charge in [0.05, 0.1) is 0 Å². The van der Waals surface area contributed by atoms with Gasteiger partial charge >= 0.3 is 12.0 Å². The van der Waals surface area contributed by atoms with Crippen LogP contribution in [0.2, 0.25) is 0 Å². The number of aryl methyl sites for hydroxylation is 1. The fraction of sp³-hybridized carbons (Fsp3) is 0.263. The summed E-state index contributed by atoms with van der Waals surface area (Å²) in [6, 6.07) is 15.3. The van der Waals surface area contributed by atoms with Crippen LogP contribution in [0.5, 0.6) is 5.75 Å². The number of carbonyl (C=O) groups is 2. The standard InChI is InChI=1S/C19H22N2O4/c1-14-7-5-6-10-17(14)24-11-12-25-18(22)16(21-19(20)23)13-15-8-3-2-4-9-15/h2-10,16H,11-13H2,1H3,(H3,20,21,23)/t16-/m0/s1. The molecule has 1 atom stereocenters. The van der Waals surface area contributed by atoms with E-state index in [1.807, 2.05) is 61.5 Å². The summed E-state index contributed by atoms with van der Waals surface area (Å²) < 4.78 is 10.8. The van der Waals surface area contributed by atoms with Crippen molar-refractivity contribution in [3.8, 4) is 5.75 Å². The third kappa shape index (κ3) is 6.18. The molecule has 2 rings (SSSR count). The number of benzene rings is 2. The lowest BCUT2D eigenvalue weighted by Crippen LogP contribution is -2.46. The predicted octanol–water partition coefficient (Wildman–Crippen LogP) is 2.20. The number of para-hydroxylation sites is 1. The molecule has 2 aromatic carbocycles. The first-order valence-corrected chi connectivity index (χ1v) is 8.01. The fourth-order valence-corrected chi connectivity index (χ4v) is 2.33. The van der Waals surface area contributed by atoms with Crippen LogP contribution in [-0.2, 0) is 16.0 Å². The molecule has 0 aromatic heterocycles. The van der Waals surface area contributed by atoms with Gasteiger partial charge in [0.1, 0.15) is 25.0 Å². The molecule has 25 heavy (non-hydrogen) atoms. The minimum atomic E-state index is -0.835. The van der Waals surface area contributed by atoms with Crippen molar-refractivity contribution >= 4 is 12.0 Å². The molecule has 0 aliphatic carbocycles. The van der Waals surface area contributed by atoms with E-state index in [1.54, 1.807) is 0 Å². The van der Waals surface area contributed by atoms with Crippen molar-refractivity contribution in [1.29, 1.82) is 0 Å². The summed E-state index contributed by atoms with van der Waals surface area (Å²) in [5, 5.41) is 2.42. The molecule has 0 aliphatic rings. The molecule has 0 saturated heterocycles. The Balaban J connectivity index is 1.84. The SMILES string of the molecule is Cc1ccccc1OCCOC(=O)[C@H](Cc1ccccc1)NC(N)=O. The summed E-state index contributed by atoms with van der Waals surface area (Å²) >= 11 is 0. The Hall–Kier alpha value is -3.02. The molecule has 6 heteroatoms. The average Bonchev–Trinajstić information content (AvgIpc) is 2.60. The van der Waals surface area contributed by atoms with E-state index in [0.717, 1.165) is 16.9 Å². The highest BCUT2D eigenvalue weighted by molar-refractivity contribution is 5.83. The number of carbonyl (C=O) groups excluding carboxylic acids is 2. The fourth-order valence-electron chi connectivity index (χ4n) is 2.33. The van der Waals surface area contributed by atoms with Crippen LogP contribution < -0.4 is 15.8 Å². The van der Waals surface area contributed by atoms with Gasteiger partial charge in [-0.2, -0.15) is 0 Å². The third-order valence-electron chi connectivity index (χ3n) is 3.56. The van der Waals surface area contributed by atoms with Crippen LogP contribution in [0.4, 0.5) is 4.79 Å². The summed E-state index contributed by atoms with van der Waals surface area (Å²) in [7, 11) is 0. The van der Waals surface area contributed by atoms with E-state index in [1.165, 1.54) is 0 Å². The molecule has 0 radical (unpaired) electrons. The first-order valence-electron chi connectivity index (χ1n) is 8.01. The molecule has 0 saturated carbocycles. The van der Waals surface area contributed by atoms with Crippen molar-refractivity contribution in [2.75, 3.05) is 13.2 Å². The Bertz CT molecular complexity index is 704. The van der Waals surface area contributed by atoms with E-state index >= 15 is 0 Å². The van der Waals surface area contributed by atoms with Crippen LogP contribution in [0.3, 0.4) is 0 Å². The number of rotatable bonds is 8. The second kappa shape index (κ2) is 9.32. The maximum absolute atomic E-state index is 12.2. The van der Waals surface area contributed by atoms with Gasteiger partial charge in [-0.25, -0.2) is 9.59 Å². The Morgan fingerprint density at radius 3 is 2.40 bits per heavy atom. The van der Waals surface area contributed by atoms with Crippen molar-refractivity contribution in [3.05, 3.63) is 65.7 Å². The molecule has 0 bridgehead atoms. The minimum Gasteiger partial charge on any atom is -0.490 e. The normalized spacial score (nSPS) is 11.4. The second-order valence-corrected chi connectivity index (χ2v) is 5.53. The quantitative estimate of drug-likeness (QED) is 0.568. The summed E-state index contributed by atoms with van der Waals surface area (Å²) in [6.07, 6.45) is 0.307. The lowest BCUT2D eigenvalue weighted by Gasteiger charge is -2.17. The summed E-state index contributed by atoms with van der Waals surface area (Å²) in [5.41, 5.74) is 7.05. The van der Waals surface area contributed by atoms with E-state index in [-0.39, 0.29) is 13.2 Å². The first kappa shape index (κ1) is 18.3. The summed E-state index contributed by atoms with van der Waals surface area (Å²) in [5.74, 6) is 0.200. The van der Waals surface area contributed by atoms with Crippen LogP contribution in [0.15, 0.2) is 54.6 Å². The third-order valence-corrected chi connectivity index (χ3v) is 3.56. The minimum absolute atomic E-state index is 0.0822. The number of ether oxygens (including phenoxy) is 2. The second-order valence-electron chi connectivity index (χ2n) is 5.53. The molecule has 0 unspecified atom stereocenters. The maximum atomic E-state index is 12.2. The lowest BCUT2D eigenvalue weighted by molar-refractivity contribution is -0.146. The smallest absolute Gasteiger partial charge is 0.329 e. The highest BCUT2D eigenvalue weighted by atomic mass is 16.6. The number of urea groups is 1. The Morgan fingerprint density at radius 2 is 1.72 bits per heavy atom.